The summed E-state index contributed by atoms with van der Waals surface area (Å²) in [5.41, 5.74) is 5.13. The molecule has 0 atom stereocenters. The molecular weight excluding hydrogens is 342 g/mol. The summed E-state index contributed by atoms with van der Waals surface area (Å²) in [7, 11) is 0. The van der Waals surface area contributed by atoms with E-state index in [2.05, 4.69) is 28.0 Å². The lowest BCUT2D eigenvalue weighted by molar-refractivity contribution is -0.119. The highest BCUT2D eigenvalue weighted by Crippen LogP contribution is 2.34. The number of fused-ring (bicyclic) bond motifs is 2. The third kappa shape index (κ3) is 3.69. The Kier molecular flexibility index (Phi) is 4.61. The number of rotatable bonds is 5. The van der Waals surface area contributed by atoms with E-state index >= 15 is 0 Å². The fraction of sp³-hybridized carbons (Fsp3) is 0.143. The standard InChI is InChI=1S/C21H19N3O3/c1-14(17-8-4-6-15-5-2-3-7-18(15)17)23-24-21(25)12-22-16-9-10-19-20(11-16)27-13-26-19/h2-11,22H,12-13H2,1H3,(H,24,25)/b23-14-. The number of carbonyl (C=O) groups is 1. The molecule has 6 heteroatoms. The van der Waals surface area contributed by atoms with Crippen LogP contribution in [0.15, 0.2) is 65.8 Å². The molecule has 3 aromatic rings. The Morgan fingerprint density at radius 2 is 1.85 bits per heavy atom. The van der Waals surface area contributed by atoms with Crippen molar-refractivity contribution >= 4 is 28.1 Å². The number of amides is 1. The van der Waals surface area contributed by atoms with Crippen LogP contribution < -0.4 is 20.2 Å². The molecule has 1 amide bonds. The number of benzene rings is 3. The van der Waals surface area contributed by atoms with Gasteiger partial charge in [0, 0.05) is 17.3 Å². The van der Waals surface area contributed by atoms with E-state index in [0.29, 0.717) is 11.5 Å². The molecule has 0 saturated heterocycles. The van der Waals surface area contributed by atoms with E-state index in [1.807, 2.05) is 49.4 Å². The van der Waals surface area contributed by atoms with Crippen LogP contribution in [-0.2, 0) is 4.79 Å². The van der Waals surface area contributed by atoms with Gasteiger partial charge in [-0.05, 0) is 29.8 Å². The average Bonchev–Trinajstić information content (AvgIpc) is 3.18. The van der Waals surface area contributed by atoms with Crippen LogP contribution in [-0.4, -0.2) is 25.0 Å². The fourth-order valence-corrected chi connectivity index (χ4v) is 2.98. The number of nitrogens with zero attached hydrogens (tertiary/aromatic N) is 1. The zero-order chi connectivity index (χ0) is 18.6. The van der Waals surface area contributed by atoms with Gasteiger partial charge < -0.3 is 14.8 Å². The number of ether oxygens (including phenoxy) is 2. The Morgan fingerprint density at radius 1 is 1.04 bits per heavy atom. The van der Waals surface area contributed by atoms with Crippen LogP contribution in [0.4, 0.5) is 5.69 Å². The number of hydrazone groups is 1. The molecule has 3 aromatic carbocycles. The van der Waals surface area contributed by atoms with E-state index < -0.39 is 0 Å². The van der Waals surface area contributed by atoms with Gasteiger partial charge in [0.2, 0.25) is 6.79 Å². The Labute approximate surface area is 156 Å². The first-order valence-corrected chi connectivity index (χ1v) is 8.65. The van der Waals surface area contributed by atoms with Crippen molar-refractivity contribution in [1.82, 2.24) is 5.43 Å². The second-order valence-electron chi connectivity index (χ2n) is 6.18. The topological polar surface area (TPSA) is 72.0 Å². The molecule has 27 heavy (non-hydrogen) atoms. The molecule has 136 valence electrons. The van der Waals surface area contributed by atoms with Gasteiger partial charge >= 0.3 is 0 Å². The van der Waals surface area contributed by atoms with E-state index in [1.54, 1.807) is 6.07 Å². The maximum Gasteiger partial charge on any atom is 0.259 e. The number of anilines is 1. The van der Waals surface area contributed by atoms with Gasteiger partial charge in [-0.1, -0.05) is 42.5 Å². The lowest BCUT2D eigenvalue weighted by atomic mass is 10.0. The summed E-state index contributed by atoms with van der Waals surface area (Å²) in [6.45, 7) is 2.21. The van der Waals surface area contributed by atoms with E-state index in [1.165, 1.54) is 0 Å². The maximum absolute atomic E-state index is 12.1. The van der Waals surface area contributed by atoms with Crippen molar-refractivity contribution in [2.75, 3.05) is 18.7 Å². The zero-order valence-corrected chi connectivity index (χ0v) is 14.9. The lowest BCUT2D eigenvalue weighted by Gasteiger charge is -2.08. The number of hydrogen-bond acceptors (Lipinski definition) is 5. The molecule has 1 aliphatic rings. The second-order valence-corrected chi connectivity index (χ2v) is 6.18. The summed E-state index contributed by atoms with van der Waals surface area (Å²) in [4.78, 5) is 12.1. The SMILES string of the molecule is C/C(=N/NC(=O)CNc1ccc2c(c1)OCO2)c1cccc2ccccc12. The minimum Gasteiger partial charge on any atom is -0.454 e. The van der Waals surface area contributed by atoms with Gasteiger partial charge in [0.05, 0.1) is 12.3 Å². The molecule has 0 saturated carbocycles. The summed E-state index contributed by atoms with van der Waals surface area (Å²) in [6.07, 6.45) is 0. The molecule has 0 spiro atoms. The van der Waals surface area contributed by atoms with E-state index in [9.17, 15) is 4.79 Å². The maximum atomic E-state index is 12.1. The normalized spacial score (nSPS) is 12.9. The summed E-state index contributed by atoms with van der Waals surface area (Å²) in [5.74, 6) is 1.15. The summed E-state index contributed by atoms with van der Waals surface area (Å²) in [5, 5.41) is 9.54. The molecule has 1 heterocycles. The van der Waals surface area contributed by atoms with Gasteiger partial charge in [0.25, 0.3) is 5.91 Å². The Bertz CT molecular complexity index is 1020. The van der Waals surface area contributed by atoms with Crippen LogP contribution in [0.5, 0.6) is 11.5 Å². The van der Waals surface area contributed by atoms with Crippen LogP contribution in [0.2, 0.25) is 0 Å². The first kappa shape index (κ1) is 16.9. The third-order valence-corrected chi connectivity index (χ3v) is 4.35. The molecule has 0 aliphatic carbocycles. The molecule has 0 bridgehead atoms. The molecule has 2 N–H and O–H groups in total. The first-order chi connectivity index (χ1) is 13.2. The number of carbonyl (C=O) groups excluding carboxylic acids is 1. The Morgan fingerprint density at radius 3 is 2.78 bits per heavy atom. The molecule has 4 rings (SSSR count). The minimum absolute atomic E-state index is 0.103. The van der Waals surface area contributed by atoms with Crippen LogP contribution in [0.1, 0.15) is 12.5 Å². The third-order valence-electron chi connectivity index (χ3n) is 4.35. The van der Waals surface area contributed by atoms with Gasteiger partial charge in [-0.3, -0.25) is 4.79 Å². The van der Waals surface area contributed by atoms with Gasteiger partial charge in [-0.15, -0.1) is 0 Å². The van der Waals surface area contributed by atoms with Crippen molar-refractivity contribution in [2.24, 2.45) is 5.10 Å². The highest BCUT2D eigenvalue weighted by Gasteiger charge is 2.13. The van der Waals surface area contributed by atoms with Crippen molar-refractivity contribution in [3.8, 4) is 11.5 Å². The summed E-state index contributed by atoms with van der Waals surface area (Å²) < 4.78 is 10.6. The second kappa shape index (κ2) is 7.37. The minimum atomic E-state index is -0.229. The van der Waals surface area contributed by atoms with Gasteiger partial charge in [0.15, 0.2) is 11.5 Å². The molecule has 0 radical (unpaired) electrons. The molecular formula is C21H19N3O3. The summed E-state index contributed by atoms with van der Waals surface area (Å²) in [6, 6.07) is 19.6. The largest absolute Gasteiger partial charge is 0.454 e. The van der Waals surface area contributed by atoms with Crippen LogP contribution in [0.3, 0.4) is 0 Å². The number of hydrogen-bond donors (Lipinski definition) is 2. The van der Waals surface area contributed by atoms with Crippen LogP contribution in [0, 0.1) is 0 Å². The van der Waals surface area contributed by atoms with Gasteiger partial charge in [-0.2, -0.15) is 5.10 Å². The average molecular weight is 361 g/mol. The lowest BCUT2D eigenvalue weighted by Crippen LogP contribution is -2.26. The fourth-order valence-electron chi connectivity index (χ4n) is 2.98. The molecule has 6 nitrogen and oxygen atoms in total. The molecule has 0 unspecified atom stereocenters. The smallest absolute Gasteiger partial charge is 0.259 e. The zero-order valence-electron chi connectivity index (χ0n) is 14.9. The highest BCUT2D eigenvalue weighted by atomic mass is 16.7. The van der Waals surface area contributed by atoms with Gasteiger partial charge in [0.1, 0.15) is 0 Å². The van der Waals surface area contributed by atoms with Crippen molar-refractivity contribution < 1.29 is 14.3 Å². The van der Waals surface area contributed by atoms with Crippen molar-refractivity contribution in [3.63, 3.8) is 0 Å². The molecule has 0 fully saturated rings. The van der Waals surface area contributed by atoms with E-state index in [4.69, 9.17) is 9.47 Å². The predicted molar refractivity (Wildman–Crippen MR) is 105 cm³/mol. The monoisotopic (exact) mass is 361 g/mol. The Balaban J connectivity index is 1.39. The highest BCUT2D eigenvalue weighted by molar-refractivity contribution is 6.09. The first-order valence-electron chi connectivity index (χ1n) is 8.65. The van der Waals surface area contributed by atoms with Crippen molar-refractivity contribution in [2.45, 2.75) is 6.92 Å². The van der Waals surface area contributed by atoms with E-state index in [0.717, 1.165) is 27.7 Å². The molecule has 1 aliphatic heterocycles. The van der Waals surface area contributed by atoms with Crippen molar-refractivity contribution in [1.29, 1.82) is 0 Å². The van der Waals surface area contributed by atoms with Crippen molar-refractivity contribution in [3.05, 3.63) is 66.2 Å². The molecule has 0 aromatic heterocycles. The number of nitrogens with one attached hydrogen (secondary N) is 2. The Hall–Kier alpha value is -3.54. The van der Waals surface area contributed by atoms with Gasteiger partial charge in [-0.25, -0.2) is 5.43 Å². The summed E-state index contributed by atoms with van der Waals surface area (Å²) >= 11 is 0. The predicted octanol–water partition coefficient (Wildman–Crippen LogP) is 3.52. The quantitative estimate of drug-likeness (QED) is 0.539. The van der Waals surface area contributed by atoms with Crippen LogP contribution in [0.25, 0.3) is 10.8 Å². The van der Waals surface area contributed by atoms with Crippen LogP contribution >= 0.6 is 0 Å². The van der Waals surface area contributed by atoms with E-state index in [-0.39, 0.29) is 19.2 Å².